The molecule has 0 fully saturated rings. The Morgan fingerprint density at radius 2 is 0.882 bits per heavy atom. The van der Waals surface area contributed by atoms with Gasteiger partial charge >= 0.3 is 29.3 Å². The molecule has 0 aliphatic carbocycles. The van der Waals surface area contributed by atoms with Gasteiger partial charge in [0.05, 0.1) is 26.4 Å². The monoisotopic (exact) mass is 292 g/mol. The molecule has 9 heteroatoms. The molecule has 0 spiro atoms. The molecule has 0 atom stereocenters. The first kappa shape index (κ1) is 19.6. The fraction of sp³-hybridized carbons (Fsp3) is 1.00. The summed E-state index contributed by atoms with van der Waals surface area (Å²) in [4.78, 5) is 0. The Bertz CT molecular complexity index is 159. The van der Waals surface area contributed by atoms with Crippen LogP contribution in [-0.4, -0.2) is 84.9 Å². The van der Waals surface area contributed by atoms with Gasteiger partial charge < -0.3 is 24.9 Å². The number of hydrogen-bond donors (Lipinski definition) is 6. The maximum atomic E-state index is 8.82. The summed E-state index contributed by atoms with van der Waals surface area (Å²) in [5.41, 5.74) is 0. The van der Waals surface area contributed by atoms with Crippen LogP contribution in [0.4, 0.5) is 0 Å². The number of nitrogens with zero attached hydrogens (tertiary/aromatic N) is 1. The van der Waals surface area contributed by atoms with Crippen molar-refractivity contribution in [1.29, 1.82) is 0 Å². The van der Waals surface area contributed by atoms with E-state index < -0.39 is 18.6 Å². The summed E-state index contributed by atoms with van der Waals surface area (Å²) in [6, 6.07) is 0. The van der Waals surface area contributed by atoms with Gasteiger partial charge in [-0.3, -0.25) is 0 Å². The van der Waals surface area contributed by atoms with E-state index in [1.807, 2.05) is 0 Å². The molecule has 0 aliphatic heterocycles. The Morgan fingerprint density at radius 1 is 0.706 bits per heavy atom. The van der Waals surface area contributed by atoms with Gasteiger partial charge in [0.15, 0.2) is 0 Å². The van der Waals surface area contributed by atoms with E-state index in [9.17, 15) is 0 Å². The molecule has 0 aromatic carbocycles. The van der Waals surface area contributed by atoms with Gasteiger partial charge in [-0.2, -0.15) is 0 Å². The molecule has 17 heavy (non-hydrogen) atoms. The van der Waals surface area contributed by atoms with Crippen molar-refractivity contribution in [2.24, 2.45) is 0 Å². The van der Waals surface area contributed by atoms with Gasteiger partial charge in [-0.15, -0.1) is 0 Å². The van der Waals surface area contributed by atoms with Crippen molar-refractivity contribution in [2.45, 2.75) is 0 Å². The second kappa shape index (κ2) is 12.7. The molecule has 0 amide bonds. The molecule has 0 radical (unpaired) electrons. The summed E-state index contributed by atoms with van der Waals surface area (Å²) < 4.78 is 23.6. The van der Waals surface area contributed by atoms with Crippen molar-refractivity contribution >= 4 is 0 Å². The van der Waals surface area contributed by atoms with E-state index >= 15 is 0 Å². The first-order valence-electron chi connectivity index (χ1n) is 5.18. The summed E-state index contributed by atoms with van der Waals surface area (Å²) in [6.07, 6.45) is 0. The van der Waals surface area contributed by atoms with Gasteiger partial charge in [0.2, 0.25) is 0 Å². The van der Waals surface area contributed by atoms with Crippen molar-refractivity contribution in [3.63, 3.8) is 0 Å². The second-order valence-electron chi connectivity index (χ2n) is 3.41. The van der Waals surface area contributed by atoms with Crippen molar-refractivity contribution in [2.75, 3.05) is 52.6 Å². The quantitative estimate of drug-likeness (QED) is 0.202. The van der Waals surface area contributed by atoms with E-state index in [1.54, 1.807) is 0 Å². The van der Waals surface area contributed by atoms with Crippen molar-refractivity contribution in [3.05, 3.63) is 0 Å². The molecule has 0 unspecified atom stereocenters. The van der Waals surface area contributed by atoms with Gasteiger partial charge in [-0.25, -0.2) is 0 Å². The maximum absolute atomic E-state index is 8.82. The summed E-state index contributed by atoms with van der Waals surface area (Å²) in [7, 11) is 0. The Kier molecular flexibility index (Phi) is 14.6. The molecule has 0 heterocycles. The van der Waals surface area contributed by atoms with Crippen LogP contribution in [0.15, 0.2) is 0 Å². The molecule has 104 valence electrons. The zero-order chi connectivity index (χ0) is 13.7. The Hall–Kier alpha value is 0.234. The van der Waals surface area contributed by atoms with E-state index in [0.717, 1.165) is 0 Å². The van der Waals surface area contributed by atoms with Crippen LogP contribution in [0.1, 0.15) is 0 Å². The van der Waals surface area contributed by atoms with Crippen molar-refractivity contribution in [3.8, 4) is 0 Å². The number of aliphatic hydroxyl groups excluding tert-OH is 4. The number of hydrogen-bond acceptors (Lipinski definition) is 5. The predicted octanol–water partition coefficient (Wildman–Crippen LogP) is -3.46. The van der Waals surface area contributed by atoms with Gasteiger partial charge in [-0.05, 0) is 0 Å². The van der Waals surface area contributed by atoms with Crippen LogP contribution in [0, 0.1) is 0 Å². The van der Waals surface area contributed by atoms with E-state index in [4.69, 9.17) is 31.1 Å². The molecule has 6 N–H and O–H groups in total. The minimum absolute atomic E-state index is 0. The minimum atomic E-state index is -3.58. The van der Waals surface area contributed by atoms with E-state index in [0.29, 0.717) is 30.7 Å². The fourth-order valence-corrected chi connectivity index (χ4v) is 1.52. The molecule has 0 aromatic heterocycles. The summed E-state index contributed by atoms with van der Waals surface area (Å²) in [5, 5.41) is 35.3. The average molecular weight is 292 g/mol. The van der Waals surface area contributed by atoms with Crippen LogP contribution in [-0.2, 0) is 21.9 Å². The van der Waals surface area contributed by atoms with Gasteiger partial charge in [-0.1, -0.05) is 0 Å². The number of quaternary nitrogens is 1. The van der Waals surface area contributed by atoms with Crippen molar-refractivity contribution < 1.29 is 54.2 Å². The third-order valence-electron chi connectivity index (χ3n) is 2.30. The molecular formula is C8H22NO7Ti+. The van der Waals surface area contributed by atoms with Gasteiger partial charge in [0.1, 0.15) is 26.2 Å². The summed E-state index contributed by atoms with van der Waals surface area (Å²) in [5.74, 6) is 0. The molecule has 0 aromatic rings. The molecule has 0 rings (SSSR count). The standard InChI is InChI=1S/C8H20NO4.2H2O.O.Ti/c10-5-1-9(2-6-11,3-7-12)4-8-13;;;;/h10-13H,1-8H2;2*1H2;;/q+1;;;;+2/p-2. The van der Waals surface area contributed by atoms with E-state index in [-0.39, 0.29) is 26.4 Å². The topological polar surface area (TPSA) is 138 Å². The molecule has 0 bridgehead atoms. The Balaban J connectivity index is 0. The average Bonchev–Trinajstić information content (AvgIpc) is 2.18. The molecule has 0 saturated heterocycles. The van der Waals surface area contributed by atoms with Gasteiger partial charge in [0, 0.05) is 0 Å². The molecular weight excluding hydrogens is 270 g/mol. The number of aliphatic hydroxyl groups is 4. The van der Waals surface area contributed by atoms with Crippen LogP contribution in [0.5, 0.6) is 0 Å². The van der Waals surface area contributed by atoms with Crippen LogP contribution >= 0.6 is 0 Å². The van der Waals surface area contributed by atoms with Crippen molar-refractivity contribution in [1.82, 2.24) is 0 Å². The molecule has 0 saturated carbocycles. The SMILES string of the molecule is OCC[N+](CCO)(CCO)CCO.[O]=[Ti]([OH])[OH]. The third-order valence-corrected chi connectivity index (χ3v) is 2.30. The normalized spacial score (nSPS) is 10.7. The Labute approximate surface area is 107 Å². The first-order valence-corrected chi connectivity index (χ1v) is 7.22. The number of rotatable bonds is 8. The zero-order valence-corrected chi connectivity index (χ0v) is 11.3. The van der Waals surface area contributed by atoms with Crippen LogP contribution in [0.25, 0.3) is 0 Å². The summed E-state index contributed by atoms with van der Waals surface area (Å²) in [6.45, 7) is 1.84. The van der Waals surface area contributed by atoms with Crippen LogP contribution in [0.2, 0.25) is 0 Å². The summed E-state index contributed by atoms with van der Waals surface area (Å²) >= 11 is -3.58. The first-order chi connectivity index (χ1) is 7.97. The van der Waals surface area contributed by atoms with Crippen LogP contribution < -0.4 is 0 Å². The Morgan fingerprint density at radius 3 is 1.00 bits per heavy atom. The molecule has 0 aliphatic rings. The van der Waals surface area contributed by atoms with E-state index in [2.05, 4.69) is 0 Å². The zero-order valence-electron chi connectivity index (χ0n) is 9.70. The third kappa shape index (κ3) is 12.5. The molecule has 8 nitrogen and oxygen atoms in total. The fourth-order valence-electron chi connectivity index (χ4n) is 1.52. The van der Waals surface area contributed by atoms with Crippen LogP contribution in [0.3, 0.4) is 0 Å². The van der Waals surface area contributed by atoms with E-state index in [1.165, 1.54) is 0 Å². The second-order valence-corrected chi connectivity index (χ2v) is 4.30. The predicted molar refractivity (Wildman–Crippen MR) is 53.2 cm³/mol. The van der Waals surface area contributed by atoms with Gasteiger partial charge in [0.25, 0.3) is 0 Å².